The number of aryl methyl sites for hydroxylation is 1. The molecule has 2 aromatic heterocycles. The summed E-state index contributed by atoms with van der Waals surface area (Å²) in [4.78, 5) is 6.78. The molecule has 1 aliphatic heterocycles. The van der Waals surface area contributed by atoms with E-state index in [1.807, 2.05) is 37.4 Å². The quantitative estimate of drug-likeness (QED) is 0.765. The second-order valence-electron chi connectivity index (χ2n) is 6.48. The van der Waals surface area contributed by atoms with Gasteiger partial charge in [0.25, 0.3) is 5.89 Å². The van der Waals surface area contributed by atoms with Crippen molar-refractivity contribution in [1.82, 2.24) is 30.1 Å². The van der Waals surface area contributed by atoms with E-state index in [9.17, 15) is 0 Å². The highest BCUT2D eigenvalue weighted by Gasteiger charge is 2.26. The summed E-state index contributed by atoms with van der Waals surface area (Å²) in [5.41, 5.74) is 2.64. The summed E-state index contributed by atoms with van der Waals surface area (Å²) in [5, 5.41) is 12.1. The molecular formula is C18H22N6O2. The topological polar surface area (TPSA) is 81.2 Å². The van der Waals surface area contributed by atoms with E-state index in [0.717, 1.165) is 36.6 Å². The van der Waals surface area contributed by atoms with Gasteiger partial charge >= 0.3 is 0 Å². The van der Waals surface area contributed by atoms with Gasteiger partial charge in [0, 0.05) is 25.8 Å². The van der Waals surface area contributed by atoms with Crippen LogP contribution in [0.1, 0.15) is 17.4 Å². The Kier molecular flexibility index (Phi) is 4.44. The van der Waals surface area contributed by atoms with Crippen LogP contribution in [-0.4, -0.2) is 58.6 Å². The fourth-order valence-electron chi connectivity index (χ4n) is 3.12. The highest BCUT2D eigenvalue weighted by molar-refractivity contribution is 5.51. The lowest BCUT2D eigenvalue weighted by Crippen LogP contribution is -2.44. The number of benzene rings is 1. The van der Waals surface area contributed by atoms with Crippen molar-refractivity contribution in [2.24, 2.45) is 0 Å². The molecule has 0 amide bonds. The summed E-state index contributed by atoms with van der Waals surface area (Å²) in [6, 6.07) is 7.94. The molecule has 26 heavy (non-hydrogen) atoms. The fourth-order valence-corrected chi connectivity index (χ4v) is 3.12. The van der Waals surface area contributed by atoms with Gasteiger partial charge in [-0.1, -0.05) is 11.2 Å². The van der Waals surface area contributed by atoms with Gasteiger partial charge in [-0.25, -0.2) is 4.68 Å². The molecule has 4 rings (SSSR count). The van der Waals surface area contributed by atoms with Crippen molar-refractivity contribution in [3.05, 3.63) is 41.9 Å². The van der Waals surface area contributed by atoms with E-state index in [0.29, 0.717) is 17.4 Å². The second kappa shape index (κ2) is 6.89. The van der Waals surface area contributed by atoms with Crippen molar-refractivity contribution in [2.45, 2.75) is 13.0 Å². The molecule has 0 radical (unpaired) electrons. The lowest BCUT2D eigenvalue weighted by molar-refractivity contribution is 0.190. The van der Waals surface area contributed by atoms with Crippen molar-refractivity contribution >= 4 is 0 Å². The molecule has 136 valence electrons. The first-order valence-electron chi connectivity index (χ1n) is 8.61. The van der Waals surface area contributed by atoms with Gasteiger partial charge in [-0.2, -0.15) is 10.1 Å². The highest BCUT2D eigenvalue weighted by atomic mass is 16.5. The van der Waals surface area contributed by atoms with Crippen molar-refractivity contribution in [1.29, 1.82) is 0 Å². The average Bonchev–Trinajstić information content (AvgIpc) is 3.31. The van der Waals surface area contributed by atoms with Gasteiger partial charge in [0.2, 0.25) is 0 Å². The second-order valence-corrected chi connectivity index (χ2v) is 6.48. The molecular weight excluding hydrogens is 332 g/mol. The van der Waals surface area contributed by atoms with Crippen LogP contribution >= 0.6 is 0 Å². The van der Waals surface area contributed by atoms with Crippen LogP contribution in [0.2, 0.25) is 0 Å². The Hall–Kier alpha value is -2.71. The zero-order valence-corrected chi connectivity index (χ0v) is 15.1. The van der Waals surface area contributed by atoms with Gasteiger partial charge in [-0.3, -0.25) is 4.90 Å². The van der Waals surface area contributed by atoms with Crippen LogP contribution in [0.5, 0.6) is 5.75 Å². The summed E-state index contributed by atoms with van der Waals surface area (Å²) in [7, 11) is 3.72. The molecule has 1 atom stereocenters. The largest absolute Gasteiger partial charge is 0.494 e. The maximum Gasteiger partial charge on any atom is 0.278 e. The minimum Gasteiger partial charge on any atom is -0.494 e. The van der Waals surface area contributed by atoms with Crippen LogP contribution in [-0.2, 0) is 0 Å². The molecule has 3 heterocycles. The summed E-state index contributed by atoms with van der Waals surface area (Å²) in [6.45, 7) is 4.77. The lowest BCUT2D eigenvalue weighted by atomic mass is 10.2. The van der Waals surface area contributed by atoms with Crippen molar-refractivity contribution in [2.75, 3.05) is 33.8 Å². The number of ether oxygens (including phenoxy) is 1. The minimum atomic E-state index is 0.111. The number of piperazine rings is 1. The predicted octanol–water partition coefficient (Wildman–Crippen LogP) is 1.82. The Labute approximate surface area is 151 Å². The monoisotopic (exact) mass is 354 g/mol. The zero-order chi connectivity index (χ0) is 18.1. The van der Waals surface area contributed by atoms with Crippen LogP contribution in [0.25, 0.3) is 17.3 Å². The maximum absolute atomic E-state index is 5.46. The number of hydrogen-bond donors (Lipinski definition) is 1. The van der Waals surface area contributed by atoms with Crippen LogP contribution in [0.15, 0.2) is 35.0 Å². The molecule has 0 bridgehead atoms. The van der Waals surface area contributed by atoms with Gasteiger partial charge in [0.05, 0.1) is 13.2 Å². The van der Waals surface area contributed by atoms with E-state index in [-0.39, 0.29) is 6.04 Å². The third-order valence-corrected chi connectivity index (χ3v) is 4.64. The first-order chi connectivity index (χ1) is 12.7. The Balaban J connectivity index is 1.62. The van der Waals surface area contributed by atoms with E-state index < -0.39 is 0 Å². The number of nitrogens with one attached hydrogen (secondary N) is 1. The lowest BCUT2D eigenvalue weighted by Gasteiger charge is -2.30. The Morgan fingerprint density at radius 3 is 3.00 bits per heavy atom. The summed E-state index contributed by atoms with van der Waals surface area (Å²) in [5.74, 6) is 1.85. The smallest absolute Gasteiger partial charge is 0.278 e. The minimum absolute atomic E-state index is 0.111. The number of aromatic nitrogens is 4. The average molecular weight is 354 g/mol. The molecule has 1 N–H and O–H groups in total. The van der Waals surface area contributed by atoms with Crippen LogP contribution in [0.4, 0.5) is 0 Å². The molecule has 3 aromatic rings. The predicted molar refractivity (Wildman–Crippen MR) is 96.4 cm³/mol. The standard InChI is InChI=1S/C18H22N6O2/c1-12-4-5-16(25-3)14(10-12)24-8-6-13(21-24)18-20-17(22-26-18)15-11-19-7-9-23(15)2/h4-6,8,10,15,19H,7,9,11H2,1-3H3. The molecule has 0 spiro atoms. The number of rotatable bonds is 4. The van der Waals surface area contributed by atoms with Gasteiger partial charge in [-0.15, -0.1) is 0 Å². The highest BCUT2D eigenvalue weighted by Crippen LogP contribution is 2.26. The number of nitrogens with zero attached hydrogens (tertiary/aromatic N) is 5. The third-order valence-electron chi connectivity index (χ3n) is 4.64. The molecule has 1 aliphatic rings. The number of hydrogen-bond acceptors (Lipinski definition) is 7. The molecule has 0 aliphatic carbocycles. The zero-order valence-electron chi connectivity index (χ0n) is 15.1. The number of methoxy groups -OCH3 is 1. The Morgan fingerprint density at radius 1 is 1.31 bits per heavy atom. The van der Waals surface area contributed by atoms with Gasteiger partial charge in [0.1, 0.15) is 11.4 Å². The summed E-state index contributed by atoms with van der Waals surface area (Å²) < 4.78 is 12.7. The molecule has 8 heteroatoms. The maximum atomic E-state index is 5.46. The summed E-state index contributed by atoms with van der Waals surface area (Å²) >= 11 is 0. The van der Waals surface area contributed by atoms with E-state index in [4.69, 9.17) is 9.26 Å². The normalized spacial score (nSPS) is 18.2. The molecule has 0 saturated carbocycles. The molecule has 8 nitrogen and oxygen atoms in total. The van der Waals surface area contributed by atoms with E-state index in [1.54, 1.807) is 11.8 Å². The molecule has 1 unspecified atom stereocenters. The van der Waals surface area contributed by atoms with Crippen LogP contribution in [0, 0.1) is 6.92 Å². The van der Waals surface area contributed by atoms with E-state index in [1.165, 1.54) is 0 Å². The SMILES string of the molecule is COc1ccc(C)cc1-n1ccc(-c2nc(C3CNCCN3C)no2)n1. The van der Waals surface area contributed by atoms with Crippen molar-refractivity contribution in [3.63, 3.8) is 0 Å². The first kappa shape index (κ1) is 16.7. The van der Waals surface area contributed by atoms with Gasteiger partial charge in [-0.05, 0) is 37.7 Å². The Morgan fingerprint density at radius 2 is 2.19 bits per heavy atom. The van der Waals surface area contributed by atoms with Crippen molar-refractivity contribution in [3.8, 4) is 23.0 Å². The van der Waals surface area contributed by atoms with E-state index >= 15 is 0 Å². The summed E-state index contributed by atoms with van der Waals surface area (Å²) in [6.07, 6.45) is 1.87. The van der Waals surface area contributed by atoms with Gasteiger partial charge in [0.15, 0.2) is 11.5 Å². The first-order valence-corrected chi connectivity index (χ1v) is 8.61. The third kappa shape index (κ3) is 3.09. The molecule has 1 aromatic carbocycles. The van der Waals surface area contributed by atoms with Crippen LogP contribution < -0.4 is 10.1 Å². The van der Waals surface area contributed by atoms with E-state index in [2.05, 4.69) is 32.5 Å². The Bertz CT molecular complexity index is 903. The number of likely N-dealkylation sites (N-methyl/N-ethyl adjacent to an activating group) is 1. The van der Waals surface area contributed by atoms with Gasteiger partial charge < -0.3 is 14.6 Å². The molecule has 1 saturated heterocycles. The van der Waals surface area contributed by atoms with Crippen molar-refractivity contribution < 1.29 is 9.26 Å². The van der Waals surface area contributed by atoms with Crippen LogP contribution in [0.3, 0.4) is 0 Å². The fraction of sp³-hybridized carbons (Fsp3) is 0.389. The molecule has 1 fully saturated rings.